The fourth-order valence-electron chi connectivity index (χ4n) is 2.25. The molecule has 18 heavy (non-hydrogen) atoms. The number of nitriles is 1. The summed E-state index contributed by atoms with van der Waals surface area (Å²) < 4.78 is 0. The first-order chi connectivity index (χ1) is 8.79. The summed E-state index contributed by atoms with van der Waals surface area (Å²) in [6.07, 6.45) is 4.31. The van der Waals surface area contributed by atoms with Crippen LogP contribution in [0.4, 0.5) is 5.82 Å². The highest BCUT2D eigenvalue weighted by Crippen LogP contribution is 2.15. The van der Waals surface area contributed by atoms with E-state index >= 15 is 0 Å². The Hall–Kier alpha value is -1.60. The van der Waals surface area contributed by atoms with Crippen LogP contribution >= 0.6 is 0 Å². The van der Waals surface area contributed by atoms with Gasteiger partial charge in [-0.15, -0.1) is 0 Å². The zero-order valence-corrected chi connectivity index (χ0v) is 10.9. The Balaban J connectivity index is 1.77. The minimum Gasteiger partial charge on any atom is -0.368 e. The van der Waals surface area contributed by atoms with Crippen LogP contribution in [0.3, 0.4) is 0 Å². The van der Waals surface area contributed by atoms with E-state index < -0.39 is 0 Å². The molecule has 0 spiro atoms. The maximum atomic E-state index is 8.96. The average Bonchev–Trinajstić information content (AvgIpc) is 2.41. The number of pyridine rings is 1. The van der Waals surface area contributed by atoms with Gasteiger partial charge in [0.15, 0.2) is 0 Å². The molecule has 4 heteroatoms. The molecule has 1 aromatic heterocycles. The van der Waals surface area contributed by atoms with E-state index in [9.17, 15) is 0 Å². The molecular formula is C14H20N4. The van der Waals surface area contributed by atoms with Gasteiger partial charge in [-0.05, 0) is 44.0 Å². The average molecular weight is 244 g/mol. The molecule has 0 atom stereocenters. The van der Waals surface area contributed by atoms with E-state index in [1.165, 1.54) is 25.9 Å². The van der Waals surface area contributed by atoms with E-state index in [0.29, 0.717) is 11.4 Å². The minimum atomic E-state index is 0.616. The standard InChI is InChI=1S/C14H20N4/c1-12-4-8-18(9-5-12)10-7-17-14-13(11-15)3-2-6-16-14/h2-3,6,12H,4-5,7-10H2,1H3,(H,16,17). The lowest BCUT2D eigenvalue weighted by Gasteiger charge is -2.30. The van der Waals surface area contributed by atoms with Crippen molar-refractivity contribution in [1.82, 2.24) is 9.88 Å². The number of rotatable bonds is 4. The molecule has 0 amide bonds. The highest BCUT2D eigenvalue weighted by atomic mass is 15.1. The molecular weight excluding hydrogens is 224 g/mol. The van der Waals surface area contributed by atoms with Crippen molar-refractivity contribution in [3.63, 3.8) is 0 Å². The van der Waals surface area contributed by atoms with Crippen LogP contribution in [-0.2, 0) is 0 Å². The van der Waals surface area contributed by atoms with Crippen LogP contribution in [0.1, 0.15) is 25.3 Å². The Morgan fingerprint density at radius 2 is 2.28 bits per heavy atom. The Bertz CT molecular complexity index is 416. The van der Waals surface area contributed by atoms with Crippen molar-refractivity contribution in [1.29, 1.82) is 5.26 Å². The van der Waals surface area contributed by atoms with Crippen molar-refractivity contribution in [2.75, 3.05) is 31.5 Å². The molecule has 2 heterocycles. The second kappa shape index (κ2) is 6.36. The highest BCUT2D eigenvalue weighted by molar-refractivity contribution is 5.51. The van der Waals surface area contributed by atoms with Crippen LogP contribution in [0.5, 0.6) is 0 Å². The molecule has 1 saturated heterocycles. The van der Waals surface area contributed by atoms with Crippen molar-refractivity contribution in [3.8, 4) is 6.07 Å². The second-order valence-electron chi connectivity index (χ2n) is 4.96. The van der Waals surface area contributed by atoms with E-state index in [-0.39, 0.29) is 0 Å². The monoisotopic (exact) mass is 244 g/mol. The van der Waals surface area contributed by atoms with Crippen molar-refractivity contribution in [2.24, 2.45) is 5.92 Å². The molecule has 4 nitrogen and oxygen atoms in total. The van der Waals surface area contributed by atoms with Crippen LogP contribution in [0.15, 0.2) is 18.3 Å². The fourth-order valence-corrected chi connectivity index (χ4v) is 2.25. The molecule has 2 rings (SSSR count). The summed E-state index contributed by atoms with van der Waals surface area (Å²) in [7, 11) is 0. The summed E-state index contributed by atoms with van der Waals surface area (Å²) in [6.45, 7) is 6.57. The second-order valence-corrected chi connectivity index (χ2v) is 4.96. The van der Waals surface area contributed by atoms with Gasteiger partial charge in [-0.2, -0.15) is 5.26 Å². The van der Waals surface area contributed by atoms with Gasteiger partial charge >= 0.3 is 0 Å². The molecule has 1 aliphatic rings. The lowest BCUT2D eigenvalue weighted by molar-refractivity contribution is 0.199. The Morgan fingerprint density at radius 3 is 3.00 bits per heavy atom. The van der Waals surface area contributed by atoms with Gasteiger partial charge in [-0.1, -0.05) is 6.92 Å². The third-order valence-corrected chi connectivity index (χ3v) is 3.52. The van der Waals surface area contributed by atoms with Crippen LogP contribution < -0.4 is 5.32 Å². The molecule has 1 aliphatic heterocycles. The number of anilines is 1. The number of nitrogens with one attached hydrogen (secondary N) is 1. The lowest BCUT2D eigenvalue weighted by atomic mass is 9.99. The first-order valence-corrected chi connectivity index (χ1v) is 6.61. The van der Waals surface area contributed by atoms with Crippen LogP contribution in [-0.4, -0.2) is 36.1 Å². The van der Waals surface area contributed by atoms with E-state index in [1.807, 2.05) is 0 Å². The predicted octanol–water partition coefficient (Wildman–Crippen LogP) is 2.10. The topological polar surface area (TPSA) is 52.0 Å². The first-order valence-electron chi connectivity index (χ1n) is 6.61. The minimum absolute atomic E-state index is 0.616. The third kappa shape index (κ3) is 3.44. The third-order valence-electron chi connectivity index (χ3n) is 3.52. The molecule has 0 saturated carbocycles. The van der Waals surface area contributed by atoms with E-state index in [4.69, 9.17) is 5.26 Å². The maximum Gasteiger partial charge on any atom is 0.143 e. The van der Waals surface area contributed by atoms with Gasteiger partial charge < -0.3 is 10.2 Å². The molecule has 1 fully saturated rings. The Kier molecular flexibility index (Phi) is 4.54. The zero-order valence-electron chi connectivity index (χ0n) is 10.9. The molecule has 0 aliphatic carbocycles. The predicted molar refractivity (Wildman–Crippen MR) is 72.3 cm³/mol. The quantitative estimate of drug-likeness (QED) is 0.881. The Labute approximate surface area is 109 Å². The summed E-state index contributed by atoms with van der Waals surface area (Å²) in [5.41, 5.74) is 0.616. The number of hydrogen-bond acceptors (Lipinski definition) is 4. The summed E-state index contributed by atoms with van der Waals surface area (Å²) in [6, 6.07) is 5.73. The molecule has 0 aromatic carbocycles. The molecule has 1 N–H and O–H groups in total. The number of piperidine rings is 1. The molecule has 0 unspecified atom stereocenters. The molecule has 0 radical (unpaired) electrons. The summed E-state index contributed by atoms with van der Waals surface area (Å²) >= 11 is 0. The highest BCUT2D eigenvalue weighted by Gasteiger charge is 2.14. The smallest absolute Gasteiger partial charge is 0.143 e. The zero-order chi connectivity index (χ0) is 12.8. The molecule has 96 valence electrons. The summed E-state index contributed by atoms with van der Waals surface area (Å²) in [5, 5.41) is 12.2. The van der Waals surface area contributed by atoms with Crippen molar-refractivity contribution in [2.45, 2.75) is 19.8 Å². The van der Waals surface area contributed by atoms with Crippen LogP contribution in [0.2, 0.25) is 0 Å². The number of hydrogen-bond donors (Lipinski definition) is 1. The number of likely N-dealkylation sites (tertiary alicyclic amines) is 1. The summed E-state index contributed by atoms with van der Waals surface area (Å²) in [4.78, 5) is 6.67. The van der Waals surface area contributed by atoms with Crippen LogP contribution in [0.25, 0.3) is 0 Å². The van der Waals surface area contributed by atoms with E-state index in [0.717, 1.165) is 19.0 Å². The van der Waals surface area contributed by atoms with Gasteiger partial charge in [0.2, 0.25) is 0 Å². The van der Waals surface area contributed by atoms with Gasteiger partial charge in [0.25, 0.3) is 0 Å². The number of nitrogens with zero attached hydrogens (tertiary/aromatic N) is 3. The van der Waals surface area contributed by atoms with Crippen molar-refractivity contribution in [3.05, 3.63) is 23.9 Å². The first kappa shape index (κ1) is 12.8. The number of aromatic nitrogens is 1. The molecule has 0 bridgehead atoms. The summed E-state index contributed by atoms with van der Waals surface area (Å²) in [5.74, 6) is 1.57. The van der Waals surface area contributed by atoms with Gasteiger partial charge in [0.1, 0.15) is 11.9 Å². The SMILES string of the molecule is CC1CCN(CCNc2ncccc2C#N)CC1. The molecule has 1 aromatic rings. The van der Waals surface area contributed by atoms with Gasteiger partial charge in [0.05, 0.1) is 5.56 Å². The Morgan fingerprint density at radius 1 is 1.50 bits per heavy atom. The maximum absolute atomic E-state index is 8.96. The van der Waals surface area contributed by atoms with Crippen molar-refractivity contribution < 1.29 is 0 Å². The largest absolute Gasteiger partial charge is 0.368 e. The van der Waals surface area contributed by atoms with E-state index in [1.54, 1.807) is 18.3 Å². The van der Waals surface area contributed by atoms with Gasteiger partial charge in [-0.25, -0.2) is 4.98 Å². The fraction of sp³-hybridized carbons (Fsp3) is 0.571. The lowest BCUT2D eigenvalue weighted by Crippen LogP contribution is -2.36. The van der Waals surface area contributed by atoms with Gasteiger partial charge in [0, 0.05) is 19.3 Å². The van der Waals surface area contributed by atoms with Crippen LogP contribution in [0, 0.1) is 17.2 Å². The van der Waals surface area contributed by atoms with Crippen molar-refractivity contribution >= 4 is 5.82 Å². The van der Waals surface area contributed by atoms with E-state index in [2.05, 4.69) is 28.2 Å². The normalized spacial score (nSPS) is 17.3. The van der Waals surface area contributed by atoms with Gasteiger partial charge in [-0.3, -0.25) is 0 Å².